The van der Waals surface area contributed by atoms with E-state index in [1.54, 1.807) is 4.57 Å². The molecule has 1 aromatic carbocycles. The Morgan fingerprint density at radius 1 is 1.32 bits per heavy atom. The maximum absolute atomic E-state index is 13.5. The van der Waals surface area contributed by atoms with Crippen molar-refractivity contribution in [3.05, 3.63) is 41.9 Å². The largest absolute Gasteiger partial charge is 0.383 e. The molecular weight excluding hydrogens is 359 g/mol. The lowest BCUT2D eigenvalue weighted by molar-refractivity contribution is 0.0950. The van der Waals surface area contributed by atoms with Gasteiger partial charge in [0.2, 0.25) is 5.78 Å². The molecule has 0 radical (unpaired) electrons. The van der Waals surface area contributed by atoms with Gasteiger partial charge in [0.15, 0.2) is 6.67 Å². The van der Waals surface area contributed by atoms with Crippen LogP contribution in [0.25, 0.3) is 22.2 Å². The molecule has 3 aromatic rings. The number of halogens is 1. The summed E-state index contributed by atoms with van der Waals surface area (Å²) in [5.41, 5.74) is 9.25. The van der Waals surface area contributed by atoms with Crippen LogP contribution < -0.4 is 11.1 Å². The Balaban J connectivity index is 2.18. The molecule has 0 aliphatic carbocycles. The molecule has 0 fully saturated rings. The first-order valence-electron chi connectivity index (χ1n) is 8.95. The number of hydrogen-bond donors (Lipinski definition) is 2. The van der Waals surface area contributed by atoms with E-state index in [9.17, 15) is 9.18 Å². The minimum Gasteiger partial charge on any atom is -0.383 e. The van der Waals surface area contributed by atoms with Gasteiger partial charge in [-0.25, -0.2) is 14.4 Å². The first-order chi connectivity index (χ1) is 13.6. The van der Waals surface area contributed by atoms with Gasteiger partial charge >= 0.3 is 0 Å². The molecule has 2 heterocycles. The summed E-state index contributed by atoms with van der Waals surface area (Å²) in [7, 11) is 0. The van der Waals surface area contributed by atoms with Gasteiger partial charge < -0.3 is 15.6 Å². The third-order valence-electron chi connectivity index (χ3n) is 4.53. The molecule has 3 rings (SSSR count). The Hall–Kier alpha value is -3.31. The van der Waals surface area contributed by atoms with Crippen LogP contribution in [0.3, 0.4) is 0 Å². The van der Waals surface area contributed by atoms with E-state index in [0.29, 0.717) is 36.1 Å². The average molecular weight is 380 g/mol. The van der Waals surface area contributed by atoms with Gasteiger partial charge in [-0.05, 0) is 25.5 Å². The Morgan fingerprint density at radius 2 is 2.07 bits per heavy atom. The Bertz CT molecular complexity index is 1040. The van der Waals surface area contributed by atoms with Gasteiger partial charge in [-0.1, -0.05) is 29.8 Å². The fraction of sp³-hybridized carbons (Fsp3) is 0.300. The van der Waals surface area contributed by atoms with Crippen LogP contribution >= 0.6 is 0 Å². The molecule has 7 nitrogen and oxygen atoms in total. The normalized spacial score (nSPS) is 10.9. The molecule has 0 saturated carbocycles. The molecule has 0 aliphatic heterocycles. The number of nitrogens with zero attached hydrogens (tertiary/aromatic N) is 4. The number of Topliss-reactive ketones (excluding diaryl/α,β-unsaturated/α-hetero) is 1. The predicted octanol–water partition coefficient (Wildman–Crippen LogP) is 2.64. The lowest BCUT2D eigenvalue weighted by atomic mass is 10.00. The van der Waals surface area contributed by atoms with E-state index in [1.165, 1.54) is 6.33 Å². The second-order valence-electron chi connectivity index (χ2n) is 6.44. The van der Waals surface area contributed by atoms with Crippen molar-refractivity contribution in [2.45, 2.75) is 19.9 Å². The van der Waals surface area contributed by atoms with Crippen molar-refractivity contribution in [3.63, 3.8) is 0 Å². The number of nitrogens with one attached hydrogen (secondary N) is 1. The van der Waals surface area contributed by atoms with E-state index in [1.807, 2.05) is 37.3 Å². The third-order valence-corrected chi connectivity index (χ3v) is 4.53. The number of ketones is 1. The van der Waals surface area contributed by atoms with Gasteiger partial charge in [-0.3, -0.25) is 4.79 Å². The van der Waals surface area contributed by atoms with Gasteiger partial charge in [-0.2, -0.15) is 5.26 Å². The van der Waals surface area contributed by atoms with E-state index >= 15 is 0 Å². The summed E-state index contributed by atoms with van der Waals surface area (Å²) >= 11 is 0. The topological polar surface area (TPSA) is 110 Å². The number of rotatable bonds is 8. The summed E-state index contributed by atoms with van der Waals surface area (Å²) in [6.45, 7) is 2.10. The second-order valence-corrected chi connectivity index (χ2v) is 6.44. The number of aryl methyl sites for hydroxylation is 2. The lowest BCUT2D eigenvalue weighted by Crippen LogP contribution is -2.19. The highest BCUT2D eigenvalue weighted by Crippen LogP contribution is 2.37. The number of carbonyl (C=O) groups excluding carboxylic acids is 1. The van der Waals surface area contributed by atoms with E-state index < -0.39 is 12.5 Å². The molecule has 2 aromatic heterocycles. The molecule has 0 atom stereocenters. The fourth-order valence-corrected chi connectivity index (χ4v) is 3.27. The minimum atomic E-state index is -1.12. The van der Waals surface area contributed by atoms with E-state index in [-0.39, 0.29) is 18.1 Å². The third kappa shape index (κ3) is 3.70. The van der Waals surface area contributed by atoms with Crippen LogP contribution in [0, 0.1) is 18.3 Å². The molecule has 8 heteroatoms. The standard InChI is InChI=1S/C20H21FN6O/c1-13-3-5-14(6-4-13)16-17-19(23)25-12-26-20(17)27(18(16)15(28)11-21)10-2-8-24-9-7-22/h3-6,12,24H,2,8-11H2,1H3,(H2,23,25,26). The monoisotopic (exact) mass is 380 g/mol. The van der Waals surface area contributed by atoms with Crippen molar-refractivity contribution in [2.24, 2.45) is 0 Å². The number of fused-ring (bicyclic) bond motifs is 1. The number of hydrogen-bond acceptors (Lipinski definition) is 6. The quantitative estimate of drug-likeness (QED) is 0.353. The molecule has 0 aliphatic rings. The molecular formula is C20H21FN6O. The summed E-state index contributed by atoms with van der Waals surface area (Å²) in [4.78, 5) is 21.0. The molecule has 0 bridgehead atoms. The maximum atomic E-state index is 13.5. The average Bonchev–Trinajstić information content (AvgIpc) is 3.03. The molecule has 144 valence electrons. The summed E-state index contributed by atoms with van der Waals surface area (Å²) < 4.78 is 15.2. The number of carbonyl (C=O) groups is 1. The Kier molecular flexibility index (Phi) is 5.96. The SMILES string of the molecule is Cc1ccc(-c2c(C(=O)CF)n(CCCNCC#N)c3ncnc(N)c23)cc1. The first kappa shape index (κ1) is 19.5. The highest BCUT2D eigenvalue weighted by Gasteiger charge is 2.26. The summed E-state index contributed by atoms with van der Waals surface area (Å²) in [6.07, 6.45) is 1.97. The van der Waals surface area contributed by atoms with Crippen LogP contribution in [0.5, 0.6) is 0 Å². The number of nitrogens with two attached hydrogens (primary N) is 1. The Labute approximate surface area is 162 Å². The summed E-state index contributed by atoms with van der Waals surface area (Å²) in [5.74, 6) is -0.382. The molecule has 3 N–H and O–H groups in total. The predicted molar refractivity (Wildman–Crippen MR) is 106 cm³/mol. The summed E-state index contributed by atoms with van der Waals surface area (Å²) in [6, 6.07) is 9.62. The number of anilines is 1. The van der Waals surface area contributed by atoms with Gasteiger partial charge in [0, 0.05) is 12.1 Å². The number of nitriles is 1. The van der Waals surface area contributed by atoms with Crippen molar-refractivity contribution < 1.29 is 9.18 Å². The van der Waals surface area contributed by atoms with Gasteiger partial charge in [0.1, 0.15) is 17.8 Å². The van der Waals surface area contributed by atoms with Gasteiger partial charge in [-0.15, -0.1) is 0 Å². The highest BCUT2D eigenvalue weighted by molar-refractivity contribution is 6.13. The van der Waals surface area contributed by atoms with Crippen LogP contribution in [-0.4, -0.2) is 40.1 Å². The van der Waals surface area contributed by atoms with Crippen LogP contribution in [0.1, 0.15) is 22.5 Å². The second kappa shape index (κ2) is 8.59. The molecule has 0 spiro atoms. The number of nitrogen functional groups attached to an aromatic ring is 1. The van der Waals surface area contributed by atoms with Crippen LogP contribution in [-0.2, 0) is 6.54 Å². The van der Waals surface area contributed by atoms with Gasteiger partial charge in [0.05, 0.1) is 23.7 Å². The van der Waals surface area contributed by atoms with Crippen molar-refractivity contribution >= 4 is 22.6 Å². The zero-order valence-electron chi connectivity index (χ0n) is 15.6. The van der Waals surface area contributed by atoms with Gasteiger partial charge in [0.25, 0.3) is 0 Å². The van der Waals surface area contributed by atoms with E-state index in [4.69, 9.17) is 11.0 Å². The fourth-order valence-electron chi connectivity index (χ4n) is 3.27. The van der Waals surface area contributed by atoms with E-state index in [2.05, 4.69) is 15.3 Å². The van der Waals surface area contributed by atoms with Crippen molar-refractivity contribution in [1.82, 2.24) is 19.9 Å². The highest BCUT2D eigenvalue weighted by atomic mass is 19.1. The first-order valence-corrected chi connectivity index (χ1v) is 8.95. The molecule has 0 unspecified atom stereocenters. The minimum absolute atomic E-state index is 0.242. The zero-order valence-corrected chi connectivity index (χ0v) is 15.6. The smallest absolute Gasteiger partial charge is 0.210 e. The number of aromatic nitrogens is 3. The summed E-state index contributed by atoms with van der Waals surface area (Å²) in [5, 5.41) is 12.1. The number of alkyl halides is 1. The van der Waals surface area contributed by atoms with Crippen molar-refractivity contribution in [1.29, 1.82) is 5.26 Å². The molecule has 28 heavy (non-hydrogen) atoms. The number of benzene rings is 1. The van der Waals surface area contributed by atoms with Crippen LogP contribution in [0.2, 0.25) is 0 Å². The van der Waals surface area contributed by atoms with Crippen molar-refractivity contribution in [2.75, 3.05) is 25.5 Å². The van der Waals surface area contributed by atoms with Crippen LogP contribution in [0.15, 0.2) is 30.6 Å². The van der Waals surface area contributed by atoms with Crippen LogP contribution in [0.4, 0.5) is 10.2 Å². The van der Waals surface area contributed by atoms with Crippen molar-refractivity contribution in [3.8, 4) is 17.2 Å². The Morgan fingerprint density at radius 3 is 2.75 bits per heavy atom. The molecule has 0 amide bonds. The zero-order chi connectivity index (χ0) is 20.1. The maximum Gasteiger partial charge on any atom is 0.210 e. The molecule has 0 saturated heterocycles. The lowest BCUT2D eigenvalue weighted by Gasteiger charge is -2.10. The van der Waals surface area contributed by atoms with E-state index in [0.717, 1.165) is 11.1 Å².